The molecule has 0 aliphatic heterocycles. The van der Waals surface area contributed by atoms with E-state index in [0.717, 1.165) is 25.7 Å². The van der Waals surface area contributed by atoms with Gasteiger partial charge >= 0.3 is 0 Å². The Bertz CT molecular complexity index is 442. The molecule has 1 aromatic rings. The van der Waals surface area contributed by atoms with Crippen molar-refractivity contribution in [2.24, 2.45) is 11.8 Å². The quantitative estimate of drug-likeness (QED) is 0.752. The molecule has 1 heterocycles. The van der Waals surface area contributed by atoms with Crippen LogP contribution in [0.15, 0.2) is 6.07 Å². The fourth-order valence-electron chi connectivity index (χ4n) is 2.13. The molecule has 3 rings (SSSR count). The predicted octanol–water partition coefficient (Wildman–Crippen LogP) is 3.13. The van der Waals surface area contributed by atoms with E-state index < -0.39 is 17.6 Å². The summed E-state index contributed by atoms with van der Waals surface area (Å²) >= 11 is 0. The Morgan fingerprint density at radius 3 is 2.06 bits per heavy atom. The van der Waals surface area contributed by atoms with Crippen molar-refractivity contribution >= 4 is 5.82 Å². The van der Waals surface area contributed by atoms with Crippen LogP contribution in [0.4, 0.5) is 19.0 Å². The standard InChI is InChI=1S/C13H15F3N2/c14-10-5-11(15)13(17-12(10)16)18(6-8-1-2-8)7-9-3-4-9/h5,8-9H,1-4,6-7H2. The van der Waals surface area contributed by atoms with Gasteiger partial charge in [-0.1, -0.05) is 0 Å². The van der Waals surface area contributed by atoms with E-state index in [1.165, 1.54) is 0 Å². The van der Waals surface area contributed by atoms with E-state index in [0.29, 0.717) is 31.0 Å². The van der Waals surface area contributed by atoms with E-state index in [1.807, 2.05) is 0 Å². The smallest absolute Gasteiger partial charge is 0.251 e. The van der Waals surface area contributed by atoms with Crippen LogP contribution in [0.25, 0.3) is 0 Å². The van der Waals surface area contributed by atoms with Crippen molar-refractivity contribution in [1.29, 1.82) is 0 Å². The van der Waals surface area contributed by atoms with Crippen molar-refractivity contribution in [3.8, 4) is 0 Å². The molecule has 0 spiro atoms. The summed E-state index contributed by atoms with van der Waals surface area (Å²) < 4.78 is 39.7. The lowest BCUT2D eigenvalue weighted by Gasteiger charge is -2.24. The molecule has 0 N–H and O–H groups in total. The third kappa shape index (κ3) is 2.60. The van der Waals surface area contributed by atoms with Crippen LogP contribution in [0.5, 0.6) is 0 Å². The van der Waals surface area contributed by atoms with Crippen molar-refractivity contribution in [3.05, 3.63) is 23.6 Å². The summed E-state index contributed by atoms with van der Waals surface area (Å²) in [5.41, 5.74) is 0. The highest BCUT2D eigenvalue weighted by atomic mass is 19.2. The summed E-state index contributed by atoms with van der Waals surface area (Å²) in [6, 6.07) is 0.588. The van der Waals surface area contributed by atoms with Gasteiger partial charge in [0.1, 0.15) is 0 Å². The van der Waals surface area contributed by atoms with Crippen molar-refractivity contribution < 1.29 is 13.2 Å². The molecule has 0 aromatic carbocycles. The number of pyridine rings is 1. The number of hydrogen-bond acceptors (Lipinski definition) is 2. The number of anilines is 1. The lowest BCUT2D eigenvalue weighted by atomic mass is 10.3. The molecular weight excluding hydrogens is 241 g/mol. The van der Waals surface area contributed by atoms with Crippen LogP contribution in [0.2, 0.25) is 0 Å². The second-order valence-electron chi connectivity index (χ2n) is 5.36. The van der Waals surface area contributed by atoms with Gasteiger partial charge in [-0.3, -0.25) is 0 Å². The monoisotopic (exact) mass is 256 g/mol. The Hall–Kier alpha value is -1.26. The molecule has 0 radical (unpaired) electrons. The summed E-state index contributed by atoms with van der Waals surface area (Å²) in [4.78, 5) is 5.23. The highest BCUT2D eigenvalue weighted by molar-refractivity contribution is 5.40. The van der Waals surface area contributed by atoms with Crippen LogP contribution in [-0.2, 0) is 0 Å². The van der Waals surface area contributed by atoms with Gasteiger partial charge < -0.3 is 4.90 Å². The van der Waals surface area contributed by atoms with Crippen molar-refractivity contribution in [2.75, 3.05) is 18.0 Å². The Labute approximate surface area is 104 Å². The summed E-state index contributed by atoms with van der Waals surface area (Å²) in [7, 11) is 0. The molecule has 0 unspecified atom stereocenters. The van der Waals surface area contributed by atoms with Gasteiger partial charge in [0.25, 0.3) is 5.95 Å². The van der Waals surface area contributed by atoms with Gasteiger partial charge in [0.15, 0.2) is 17.5 Å². The fraction of sp³-hybridized carbons (Fsp3) is 0.615. The van der Waals surface area contributed by atoms with Crippen LogP contribution in [0, 0.1) is 29.4 Å². The molecule has 5 heteroatoms. The Balaban J connectivity index is 1.84. The zero-order valence-corrected chi connectivity index (χ0v) is 10.0. The highest BCUT2D eigenvalue weighted by Crippen LogP contribution is 2.36. The van der Waals surface area contributed by atoms with Crippen LogP contribution >= 0.6 is 0 Å². The largest absolute Gasteiger partial charge is 0.354 e. The average molecular weight is 256 g/mol. The molecule has 0 amide bonds. The maximum atomic E-state index is 13.7. The Morgan fingerprint density at radius 2 is 1.56 bits per heavy atom. The lowest BCUT2D eigenvalue weighted by Crippen LogP contribution is -2.30. The number of hydrogen-bond donors (Lipinski definition) is 0. The van der Waals surface area contributed by atoms with Crippen molar-refractivity contribution in [2.45, 2.75) is 25.7 Å². The second kappa shape index (κ2) is 4.44. The second-order valence-corrected chi connectivity index (χ2v) is 5.36. The normalized spacial score (nSPS) is 19.1. The molecule has 2 fully saturated rings. The summed E-state index contributed by atoms with van der Waals surface area (Å²) in [5.74, 6) is -2.14. The minimum absolute atomic E-state index is 0.0345. The first kappa shape index (κ1) is 11.8. The zero-order valence-electron chi connectivity index (χ0n) is 10.0. The molecule has 2 aliphatic carbocycles. The first-order valence-electron chi connectivity index (χ1n) is 6.40. The number of aromatic nitrogens is 1. The zero-order chi connectivity index (χ0) is 12.7. The first-order chi connectivity index (χ1) is 8.63. The molecule has 2 saturated carbocycles. The molecule has 98 valence electrons. The Kier molecular flexibility index (Phi) is 2.92. The SMILES string of the molecule is Fc1cc(F)c(N(CC2CC2)CC2CC2)nc1F. The molecular formula is C13H15F3N2. The average Bonchev–Trinajstić information content (AvgIpc) is 3.17. The van der Waals surface area contributed by atoms with Crippen LogP contribution in [-0.4, -0.2) is 18.1 Å². The van der Waals surface area contributed by atoms with Gasteiger partial charge in [-0.15, -0.1) is 0 Å². The van der Waals surface area contributed by atoms with Crippen molar-refractivity contribution in [1.82, 2.24) is 4.98 Å². The number of nitrogens with zero attached hydrogens (tertiary/aromatic N) is 2. The van der Waals surface area contributed by atoms with Crippen LogP contribution in [0.3, 0.4) is 0 Å². The summed E-state index contributed by atoms with van der Waals surface area (Å²) in [5, 5.41) is 0. The lowest BCUT2D eigenvalue weighted by molar-refractivity contribution is 0.461. The van der Waals surface area contributed by atoms with Gasteiger partial charge in [0.2, 0.25) is 0 Å². The first-order valence-corrected chi connectivity index (χ1v) is 6.40. The van der Waals surface area contributed by atoms with E-state index in [4.69, 9.17) is 0 Å². The van der Waals surface area contributed by atoms with Crippen LogP contribution < -0.4 is 4.90 Å². The predicted molar refractivity (Wildman–Crippen MR) is 61.8 cm³/mol. The maximum absolute atomic E-state index is 13.7. The van der Waals surface area contributed by atoms with Crippen molar-refractivity contribution in [3.63, 3.8) is 0 Å². The number of halogens is 3. The fourth-order valence-corrected chi connectivity index (χ4v) is 2.13. The highest BCUT2D eigenvalue weighted by Gasteiger charge is 2.31. The van der Waals surface area contributed by atoms with E-state index in [1.54, 1.807) is 4.90 Å². The van der Waals surface area contributed by atoms with E-state index >= 15 is 0 Å². The van der Waals surface area contributed by atoms with E-state index in [-0.39, 0.29) is 5.82 Å². The maximum Gasteiger partial charge on any atom is 0.251 e. The molecule has 2 aliphatic rings. The molecule has 1 aromatic heterocycles. The van der Waals surface area contributed by atoms with Crippen LogP contribution in [0.1, 0.15) is 25.7 Å². The molecule has 2 nitrogen and oxygen atoms in total. The minimum Gasteiger partial charge on any atom is -0.354 e. The van der Waals surface area contributed by atoms with Gasteiger partial charge in [-0.25, -0.2) is 8.78 Å². The summed E-state index contributed by atoms with van der Waals surface area (Å²) in [6.07, 6.45) is 4.53. The molecule has 0 atom stereocenters. The molecule has 18 heavy (non-hydrogen) atoms. The molecule has 0 saturated heterocycles. The third-order valence-corrected chi connectivity index (χ3v) is 3.52. The molecule has 0 bridgehead atoms. The number of rotatable bonds is 5. The van der Waals surface area contributed by atoms with E-state index in [2.05, 4.69) is 4.98 Å². The summed E-state index contributed by atoms with van der Waals surface area (Å²) in [6.45, 7) is 1.40. The minimum atomic E-state index is -1.23. The topological polar surface area (TPSA) is 16.1 Å². The van der Waals surface area contributed by atoms with Gasteiger partial charge in [0, 0.05) is 19.2 Å². The third-order valence-electron chi connectivity index (χ3n) is 3.52. The van der Waals surface area contributed by atoms with Gasteiger partial charge in [-0.2, -0.15) is 9.37 Å². The Morgan fingerprint density at radius 1 is 1.00 bits per heavy atom. The van der Waals surface area contributed by atoms with E-state index in [9.17, 15) is 13.2 Å². The van der Waals surface area contributed by atoms with Gasteiger partial charge in [-0.05, 0) is 37.5 Å². The van der Waals surface area contributed by atoms with Gasteiger partial charge in [0.05, 0.1) is 0 Å².